The molecule has 88 valence electrons. The highest BCUT2D eigenvalue weighted by Crippen LogP contribution is 2.63. The van der Waals surface area contributed by atoms with Crippen molar-refractivity contribution in [1.82, 2.24) is 0 Å². The number of hydrogen-bond acceptors (Lipinski definition) is 0. The second kappa shape index (κ2) is 3.71. The van der Waals surface area contributed by atoms with Gasteiger partial charge in [0.05, 0.1) is 0 Å². The maximum absolute atomic E-state index is 7.50. The van der Waals surface area contributed by atoms with Crippen LogP contribution in [0, 0.1) is 6.57 Å². The molecule has 0 unspecified atom stereocenters. The Balaban J connectivity index is 2.18. The van der Waals surface area contributed by atoms with Crippen LogP contribution >= 0.6 is 0 Å². The summed E-state index contributed by atoms with van der Waals surface area (Å²) in [5.41, 5.74) is 2.11. The summed E-state index contributed by atoms with van der Waals surface area (Å²) < 4.78 is 0. The molecule has 2 aromatic rings. The van der Waals surface area contributed by atoms with Gasteiger partial charge in [0.15, 0.2) is 0 Å². The molecule has 3 rings (SSSR count). The highest BCUT2D eigenvalue weighted by atomic mass is 14.9. The molecule has 1 aliphatic carbocycles. The van der Waals surface area contributed by atoms with Crippen LogP contribution in [-0.4, -0.2) is 5.54 Å². The quantitative estimate of drug-likeness (QED) is 0.689. The molecule has 0 heterocycles. The Labute approximate surface area is 108 Å². The smallest absolute Gasteiger partial charge is 0.245 e. The lowest BCUT2D eigenvalue weighted by Crippen LogP contribution is -2.19. The zero-order chi connectivity index (χ0) is 12.6. The van der Waals surface area contributed by atoms with Crippen LogP contribution in [0.25, 0.3) is 4.85 Å². The summed E-state index contributed by atoms with van der Waals surface area (Å²) in [4.78, 5) is 3.89. The second-order valence-corrected chi connectivity index (χ2v) is 5.20. The van der Waals surface area contributed by atoms with E-state index in [4.69, 9.17) is 6.57 Å². The Morgan fingerprint density at radius 1 is 0.889 bits per heavy atom. The first-order valence-electron chi connectivity index (χ1n) is 6.23. The predicted octanol–water partition coefficient (Wildman–Crippen LogP) is 4.05. The van der Waals surface area contributed by atoms with E-state index in [9.17, 15) is 0 Å². The summed E-state index contributed by atoms with van der Waals surface area (Å²) in [6.07, 6.45) is 0.914. The van der Waals surface area contributed by atoms with E-state index in [1.165, 1.54) is 11.1 Å². The van der Waals surface area contributed by atoms with Crippen molar-refractivity contribution in [2.24, 2.45) is 0 Å². The van der Waals surface area contributed by atoms with Gasteiger partial charge in [-0.15, -0.1) is 0 Å². The molecule has 1 atom stereocenters. The molecule has 0 saturated heterocycles. The van der Waals surface area contributed by atoms with Crippen molar-refractivity contribution in [2.45, 2.75) is 24.3 Å². The molecule has 1 fully saturated rings. The number of hydrogen-bond donors (Lipinski definition) is 0. The van der Waals surface area contributed by atoms with Crippen molar-refractivity contribution in [1.29, 1.82) is 0 Å². The van der Waals surface area contributed by atoms with Crippen LogP contribution in [-0.2, 0) is 5.41 Å². The largest absolute Gasteiger partial charge is 0.309 e. The van der Waals surface area contributed by atoms with Gasteiger partial charge in [-0.3, -0.25) is 0 Å². The monoisotopic (exact) mass is 233 g/mol. The van der Waals surface area contributed by atoms with E-state index in [-0.39, 0.29) is 11.0 Å². The Kier molecular flexibility index (Phi) is 2.28. The molecule has 2 aromatic carbocycles. The van der Waals surface area contributed by atoms with Gasteiger partial charge in [0, 0.05) is 13.3 Å². The van der Waals surface area contributed by atoms with Crippen LogP contribution in [0.15, 0.2) is 60.7 Å². The molecule has 18 heavy (non-hydrogen) atoms. The first-order valence-corrected chi connectivity index (χ1v) is 6.23. The fourth-order valence-electron chi connectivity index (χ4n) is 3.05. The maximum Gasteiger partial charge on any atom is 0.245 e. The fourth-order valence-corrected chi connectivity index (χ4v) is 3.05. The van der Waals surface area contributed by atoms with E-state index in [0.29, 0.717) is 0 Å². The SMILES string of the molecule is [C-]#[N+][C@@]1(C)CC1(c1ccccc1)c1ccccc1. The lowest BCUT2D eigenvalue weighted by molar-refractivity contribution is 0.721. The third-order valence-corrected chi connectivity index (χ3v) is 4.18. The van der Waals surface area contributed by atoms with Crippen LogP contribution < -0.4 is 0 Å². The van der Waals surface area contributed by atoms with E-state index < -0.39 is 0 Å². The molecule has 0 bridgehead atoms. The molecule has 0 amide bonds. The van der Waals surface area contributed by atoms with Crippen molar-refractivity contribution in [3.8, 4) is 0 Å². The van der Waals surface area contributed by atoms with Crippen molar-refractivity contribution >= 4 is 0 Å². The van der Waals surface area contributed by atoms with Crippen LogP contribution in [0.3, 0.4) is 0 Å². The van der Waals surface area contributed by atoms with Crippen LogP contribution in [0.1, 0.15) is 24.5 Å². The van der Waals surface area contributed by atoms with E-state index in [2.05, 4.69) is 60.3 Å². The van der Waals surface area contributed by atoms with Gasteiger partial charge >= 0.3 is 0 Å². The fraction of sp³-hybridized carbons (Fsp3) is 0.235. The van der Waals surface area contributed by atoms with Gasteiger partial charge in [0.25, 0.3) is 0 Å². The van der Waals surface area contributed by atoms with E-state index in [1.54, 1.807) is 0 Å². The van der Waals surface area contributed by atoms with E-state index in [1.807, 2.05) is 12.1 Å². The molecule has 0 spiro atoms. The van der Waals surface area contributed by atoms with Crippen molar-refractivity contribution in [3.05, 3.63) is 83.2 Å². The van der Waals surface area contributed by atoms with E-state index >= 15 is 0 Å². The summed E-state index contributed by atoms with van der Waals surface area (Å²) in [5.74, 6) is 0. The number of nitrogens with zero attached hydrogens (tertiary/aromatic N) is 1. The Hall–Kier alpha value is -2.07. The summed E-state index contributed by atoms with van der Waals surface area (Å²) in [7, 11) is 0. The minimum atomic E-state index is -0.296. The molecular formula is C17H15N. The highest BCUT2D eigenvalue weighted by molar-refractivity contribution is 5.55. The minimum absolute atomic E-state index is 0.114. The first kappa shape index (κ1) is 11.0. The Morgan fingerprint density at radius 3 is 1.67 bits per heavy atom. The molecule has 1 nitrogen and oxygen atoms in total. The lowest BCUT2D eigenvalue weighted by Gasteiger charge is -2.17. The first-order chi connectivity index (χ1) is 8.73. The molecule has 0 aliphatic heterocycles. The third-order valence-electron chi connectivity index (χ3n) is 4.18. The Morgan fingerprint density at radius 2 is 1.33 bits per heavy atom. The molecule has 1 saturated carbocycles. The second-order valence-electron chi connectivity index (χ2n) is 5.20. The average molecular weight is 233 g/mol. The topological polar surface area (TPSA) is 4.36 Å². The van der Waals surface area contributed by atoms with E-state index in [0.717, 1.165) is 6.42 Å². The van der Waals surface area contributed by atoms with Gasteiger partial charge in [0.1, 0.15) is 5.41 Å². The van der Waals surface area contributed by atoms with Gasteiger partial charge in [-0.2, -0.15) is 0 Å². The van der Waals surface area contributed by atoms with Gasteiger partial charge in [-0.1, -0.05) is 60.7 Å². The summed E-state index contributed by atoms with van der Waals surface area (Å²) in [5, 5.41) is 0. The highest BCUT2D eigenvalue weighted by Gasteiger charge is 2.73. The number of rotatable bonds is 2. The zero-order valence-corrected chi connectivity index (χ0v) is 10.4. The summed E-state index contributed by atoms with van der Waals surface area (Å²) >= 11 is 0. The predicted molar refractivity (Wildman–Crippen MR) is 73.3 cm³/mol. The molecule has 1 aliphatic rings. The van der Waals surface area contributed by atoms with Crippen molar-refractivity contribution < 1.29 is 0 Å². The van der Waals surface area contributed by atoms with Gasteiger partial charge < -0.3 is 4.85 Å². The van der Waals surface area contributed by atoms with Crippen molar-refractivity contribution in [3.63, 3.8) is 0 Å². The van der Waals surface area contributed by atoms with Crippen molar-refractivity contribution in [2.75, 3.05) is 0 Å². The van der Waals surface area contributed by atoms with Crippen LogP contribution in [0.2, 0.25) is 0 Å². The van der Waals surface area contributed by atoms with Crippen LogP contribution in [0.5, 0.6) is 0 Å². The standard InChI is InChI=1S/C17H15N/c1-16(18-2)13-17(16,14-9-5-3-6-10-14)15-11-7-4-8-12-15/h3-12H,13H2,1H3/t16-/m0/s1. The number of benzene rings is 2. The molecule has 0 aromatic heterocycles. The third kappa shape index (κ3) is 1.32. The molecule has 0 N–H and O–H groups in total. The lowest BCUT2D eigenvalue weighted by atomic mass is 9.84. The average Bonchev–Trinajstić information content (AvgIpc) is 3.09. The molecular weight excluding hydrogens is 218 g/mol. The Bertz CT molecular complexity index is 555. The summed E-state index contributed by atoms with van der Waals surface area (Å²) in [6.45, 7) is 9.57. The normalized spacial score (nSPS) is 24.2. The summed E-state index contributed by atoms with van der Waals surface area (Å²) in [6, 6.07) is 20.9. The zero-order valence-electron chi connectivity index (χ0n) is 10.4. The maximum atomic E-state index is 7.50. The van der Waals surface area contributed by atoms with Gasteiger partial charge in [-0.25, -0.2) is 6.57 Å². The molecule has 1 heteroatoms. The minimum Gasteiger partial charge on any atom is -0.309 e. The molecule has 0 radical (unpaired) electrons. The van der Waals surface area contributed by atoms with Crippen LogP contribution in [0.4, 0.5) is 0 Å². The van der Waals surface area contributed by atoms with Gasteiger partial charge in [-0.05, 0) is 11.1 Å². The van der Waals surface area contributed by atoms with Gasteiger partial charge in [0.2, 0.25) is 5.54 Å².